The average molecular weight is 218 g/mol. The third-order valence-electron chi connectivity index (χ3n) is 1.45. The van der Waals surface area contributed by atoms with E-state index in [1.807, 2.05) is 0 Å². The molecule has 0 aliphatic heterocycles. The first-order chi connectivity index (χ1) is 6.24. The summed E-state index contributed by atoms with van der Waals surface area (Å²) >= 11 is 3.18. The van der Waals surface area contributed by atoms with Gasteiger partial charge in [0, 0.05) is 18.8 Å². The second-order valence-corrected chi connectivity index (χ2v) is 5.01. The molecule has 0 aromatic carbocycles. The summed E-state index contributed by atoms with van der Waals surface area (Å²) in [6.07, 6.45) is 0. The number of aromatic nitrogens is 2. The standard InChI is InChI=1S/C8H14N2OS2/c1-6(2)7-9-8(13-10-7)12-5-4-11-3/h6H,4-5H2,1-3H3. The molecule has 0 unspecified atom stereocenters. The lowest BCUT2D eigenvalue weighted by Gasteiger charge is -1.95. The molecule has 0 radical (unpaired) electrons. The molecule has 3 nitrogen and oxygen atoms in total. The minimum Gasteiger partial charge on any atom is -0.384 e. The van der Waals surface area contributed by atoms with Crippen molar-refractivity contribution in [3.63, 3.8) is 0 Å². The first-order valence-electron chi connectivity index (χ1n) is 4.19. The number of rotatable bonds is 5. The maximum atomic E-state index is 4.95. The Kier molecular flexibility index (Phi) is 4.69. The predicted molar refractivity (Wildman–Crippen MR) is 56.6 cm³/mol. The number of methoxy groups -OCH3 is 1. The lowest BCUT2D eigenvalue weighted by Crippen LogP contribution is -1.92. The number of hydrogen-bond acceptors (Lipinski definition) is 5. The molecule has 1 aromatic rings. The predicted octanol–water partition coefficient (Wildman–Crippen LogP) is 2.40. The van der Waals surface area contributed by atoms with Crippen LogP contribution in [0.3, 0.4) is 0 Å². The van der Waals surface area contributed by atoms with Crippen molar-refractivity contribution < 1.29 is 4.74 Å². The summed E-state index contributed by atoms with van der Waals surface area (Å²) in [5.41, 5.74) is 0. The van der Waals surface area contributed by atoms with Crippen molar-refractivity contribution in [2.75, 3.05) is 19.5 Å². The minimum absolute atomic E-state index is 0.424. The largest absolute Gasteiger partial charge is 0.384 e. The van der Waals surface area contributed by atoms with Crippen molar-refractivity contribution in [2.24, 2.45) is 0 Å². The topological polar surface area (TPSA) is 35.0 Å². The molecule has 0 bridgehead atoms. The summed E-state index contributed by atoms with van der Waals surface area (Å²) in [5, 5.41) is 0. The van der Waals surface area contributed by atoms with Crippen LogP contribution in [0.25, 0.3) is 0 Å². The van der Waals surface area contributed by atoms with E-state index in [1.165, 1.54) is 11.5 Å². The van der Waals surface area contributed by atoms with E-state index >= 15 is 0 Å². The van der Waals surface area contributed by atoms with Crippen LogP contribution in [0, 0.1) is 0 Å². The van der Waals surface area contributed by atoms with Crippen LogP contribution in [0.5, 0.6) is 0 Å². The van der Waals surface area contributed by atoms with Crippen LogP contribution in [0.1, 0.15) is 25.6 Å². The highest BCUT2D eigenvalue weighted by Crippen LogP contribution is 2.22. The first kappa shape index (κ1) is 10.9. The van der Waals surface area contributed by atoms with E-state index in [0.29, 0.717) is 5.92 Å². The van der Waals surface area contributed by atoms with Gasteiger partial charge >= 0.3 is 0 Å². The van der Waals surface area contributed by atoms with E-state index in [9.17, 15) is 0 Å². The molecule has 0 fully saturated rings. The normalized spacial score (nSPS) is 11.1. The molecule has 1 heterocycles. The van der Waals surface area contributed by atoms with Gasteiger partial charge in [0.1, 0.15) is 5.82 Å². The van der Waals surface area contributed by atoms with Crippen molar-refractivity contribution in [3.05, 3.63) is 5.82 Å². The van der Waals surface area contributed by atoms with E-state index in [1.54, 1.807) is 18.9 Å². The highest BCUT2D eigenvalue weighted by atomic mass is 32.2. The van der Waals surface area contributed by atoms with Crippen LogP contribution in [-0.4, -0.2) is 28.8 Å². The van der Waals surface area contributed by atoms with E-state index < -0.39 is 0 Å². The summed E-state index contributed by atoms with van der Waals surface area (Å²) in [5.74, 6) is 2.32. The highest BCUT2D eigenvalue weighted by Gasteiger charge is 2.07. The van der Waals surface area contributed by atoms with Crippen molar-refractivity contribution in [1.82, 2.24) is 9.36 Å². The minimum atomic E-state index is 0.424. The number of hydrogen-bond donors (Lipinski definition) is 0. The number of ether oxygens (including phenoxy) is 1. The molecule has 5 heteroatoms. The lowest BCUT2D eigenvalue weighted by atomic mass is 10.2. The molecule has 0 N–H and O–H groups in total. The molecule has 74 valence electrons. The van der Waals surface area contributed by atoms with E-state index in [4.69, 9.17) is 4.74 Å². The second kappa shape index (κ2) is 5.57. The summed E-state index contributed by atoms with van der Waals surface area (Å²) in [4.78, 5) is 4.40. The number of thioether (sulfide) groups is 1. The monoisotopic (exact) mass is 218 g/mol. The van der Waals surface area contributed by atoms with Gasteiger partial charge in [-0.1, -0.05) is 25.6 Å². The maximum absolute atomic E-state index is 4.95. The fourth-order valence-electron chi connectivity index (χ4n) is 0.726. The zero-order valence-electron chi connectivity index (χ0n) is 8.11. The van der Waals surface area contributed by atoms with Gasteiger partial charge in [0.05, 0.1) is 6.61 Å². The molecule has 1 aromatic heterocycles. The van der Waals surface area contributed by atoms with E-state index in [0.717, 1.165) is 22.5 Å². The second-order valence-electron chi connectivity index (χ2n) is 2.91. The molecule has 0 saturated heterocycles. The van der Waals surface area contributed by atoms with Gasteiger partial charge in [-0.2, -0.15) is 4.37 Å². The van der Waals surface area contributed by atoms with Crippen LogP contribution in [0.15, 0.2) is 4.34 Å². The van der Waals surface area contributed by atoms with Crippen LogP contribution in [0.4, 0.5) is 0 Å². The quantitative estimate of drug-likeness (QED) is 0.561. The van der Waals surface area contributed by atoms with Crippen molar-refractivity contribution in [1.29, 1.82) is 0 Å². The van der Waals surface area contributed by atoms with Gasteiger partial charge in [0.2, 0.25) is 0 Å². The van der Waals surface area contributed by atoms with Crippen LogP contribution < -0.4 is 0 Å². The fourth-order valence-corrected chi connectivity index (χ4v) is 2.44. The van der Waals surface area contributed by atoms with Gasteiger partial charge < -0.3 is 4.74 Å². The SMILES string of the molecule is COCCSc1nc(C(C)C)ns1. The molecule has 0 atom stereocenters. The Labute approximate surface area is 87.1 Å². The molecule has 13 heavy (non-hydrogen) atoms. The van der Waals surface area contributed by atoms with Gasteiger partial charge in [-0.15, -0.1) is 0 Å². The molecular weight excluding hydrogens is 204 g/mol. The summed E-state index contributed by atoms with van der Waals surface area (Å²) in [7, 11) is 1.71. The lowest BCUT2D eigenvalue weighted by molar-refractivity contribution is 0.218. The Balaban J connectivity index is 2.40. The third-order valence-corrected chi connectivity index (χ3v) is 3.26. The van der Waals surface area contributed by atoms with Gasteiger partial charge in [0.15, 0.2) is 4.34 Å². The zero-order valence-corrected chi connectivity index (χ0v) is 9.74. The molecular formula is C8H14N2OS2. The van der Waals surface area contributed by atoms with Crippen molar-refractivity contribution in [2.45, 2.75) is 24.1 Å². The van der Waals surface area contributed by atoms with Crippen molar-refractivity contribution >= 4 is 23.3 Å². The summed E-state index contributed by atoms with van der Waals surface area (Å²) in [6.45, 7) is 4.97. The molecule has 0 saturated carbocycles. The van der Waals surface area contributed by atoms with Gasteiger partial charge in [-0.05, 0) is 11.5 Å². The molecule has 1 rings (SSSR count). The van der Waals surface area contributed by atoms with Gasteiger partial charge in [0.25, 0.3) is 0 Å². The molecule has 0 aliphatic carbocycles. The van der Waals surface area contributed by atoms with Gasteiger partial charge in [-0.3, -0.25) is 0 Å². The molecule has 0 amide bonds. The van der Waals surface area contributed by atoms with Crippen LogP contribution >= 0.6 is 23.3 Å². The summed E-state index contributed by atoms with van der Waals surface area (Å²) in [6, 6.07) is 0. The Morgan fingerprint density at radius 3 is 2.85 bits per heavy atom. The molecule has 0 aliphatic rings. The average Bonchev–Trinajstić information content (AvgIpc) is 2.53. The Hall–Kier alpha value is -0.130. The fraction of sp³-hybridized carbons (Fsp3) is 0.750. The zero-order chi connectivity index (χ0) is 9.68. The number of nitrogens with zero attached hydrogens (tertiary/aromatic N) is 2. The van der Waals surface area contributed by atoms with Gasteiger partial charge in [-0.25, -0.2) is 4.98 Å². The highest BCUT2D eigenvalue weighted by molar-refractivity contribution is 8.00. The van der Waals surface area contributed by atoms with Crippen LogP contribution in [-0.2, 0) is 4.74 Å². The van der Waals surface area contributed by atoms with E-state index in [2.05, 4.69) is 23.2 Å². The first-order valence-corrected chi connectivity index (χ1v) is 5.95. The van der Waals surface area contributed by atoms with Crippen molar-refractivity contribution in [3.8, 4) is 0 Å². The maximum Gasteiger partial charge on any atom is 0.170 e. The Morgan fingerprint density at radius 2 is 2.31 bits per heavy atom. The molecule has 0 spiro atoms. The summed E-state index contributed by atoms with van der Waals surface area (Å²) < 4.78 is 10.3. The Bertz CT molecular complexity index is 250. The Morgan fingerprint density at radius 1 is 1.54 bits per heavy atom. The smallest absolute Gasteiger partial charge is 0.170 e. The van der Waals surface area contributed by atoms with Crippen LogP contribution in [0.2, 0.25) is 0 Å². The third kappa shape index (κ3) is 3.62. The van der Waals surface area contributed by atoms with E-state index in [-0.39, 0.29) is 0 Å².